The predicted molar refractivity (Wildman–Crippen MR) is 68.4 cm³/mol. The van der Waals surface area contributed by atoms with Crippen LogP contribution in [0.5, 0.6) is 5.75 Å². The van der Waals surface area contributed by atoms with Gasteiger partial charge in [0.1, 0.15) is 5.75 Å². The van der Waals surface area contributed by atoms with Crippen molar-refractivity contribution in [1.29, 1.82) is 0 Å². The molecule has 0 bridgehead atoms. The Bertz CT molecular complexity index is 593. The van der Waals surface area contributed by atoms with Gasteiger partial charge in [0.25, 0.3) is 0 Å². The summed E-state index contributed by atoms with van der Waals surface area (Å²) in [5.41, 5.74) is 0.399. The summed E-state index contributed by atoms with van der Waals surface area (Å²) in [5.74, 6) is 0.427. The summed E-state index contributed by atoms with van der Waals surface area (Å²) >= 11 is 5.88. The van der Waals surface area contributed by atoms with Crippen molar-refractivity contribution in [2.45, 2.75) is 6.18 Å². The maximum absolute atomic E-state index is 12.6. The van der Waals surface area contributed by atoms with E-state index in [2.05, 4.69) is 0 Å². The monoisotopic (exact) mass is 286 g/mol. The lowest BCUT2D eigenvalue weighted by Gasteiger charge is -2.10. The quantitative estimate of drug-likeness (QED) is 0.752. The molecular weight excluding hydrogens is 277 g/mol. The molecule has 0 aromatic heterocycles. The summed E-state index contributed by atoms with van der Waals surface area (Å²) in [6.45, 7) is 0. The zero-order valence-corrected chi connectivity index (χ0v) is 10.7. The van der Waals surface area contributed by atoms with Gasteiger partial charge in [-0.3, -0.25) is 0 Å². The molecule has 0 fully saturated rings. The molecule has 0 N–H and O–H groups in total. The van der Waals surface area contributed by atoms with Crippen LogP contribution in [0.3, 0.4) is 0 Å². The molecule has 2 rings (SSSR count). The van der Waals surface area contributed by atoms with Gasteiger partial charge in [-0.05, 0) is 35.4 Å². The van der Waals surface area contributed by atoms with E-state index in [0.29, 0.717) is 21.9 Å². The number of methoxy groups -OCH3 is 1. The maximum Gasteiger partial charge on any atom is 0.416 e. The minimum absolute atomic E-state index is 0.415. The Labute approximate surface area is 113 Å². The Morgan fingerprint density at radius 3 is 2.32 bits per heavy atom. The number of benzene rings is 2. The van der Waals surface area contributed by atoms with Crippen LogP contribution in [0, 0.1) is 0 Å². The molecule has 100 valence electrons. The molecule has 0 atom stereocenters. The summed E-state index contributed by atoms with van der Waals surface area (Å²) < 4.78 is 43.0. The van der Waals surface area contributed by atoms with Crippen molar-refractivity contribution in [3.05, 3.63) is 53.1 Å². The minimum Gasteiger partial charge on any atom is -0.495 e. The van der Waals surface area contributed by atoms with Crippen LogP contribution in [0.15, 0.2) is 42.5 Å². The minimum atomic E-state index is -4.35. The Morgan fingerprint density at radius 1 is 1.00 bits per heavy atom. The molecule has 19 heavy (non-hydrogen) atoms. The van der Waals surface area contributed by atoms with E-state index in [4.69, 9.17) is 16.3 Å². The van der Waals surface area contributed by atoms with Crippen LogP contribution in [0.1, 0.15) is 5.56 Å². The Kier molecular flexibility index (Phi) is 3.71. The molecule has 0 aliphatic heterocycles. The maximum atomic E-state index is 12.6. The standard InChI is InChI=1S/C14H10ClF3O/c1-19-13-8-10(5-6-12(13)15)9-3-2-4-11(7-9)14(16,17)18/h2-8H,1H3. The highest BCUT2D eigenvalue weighted by Crippen LogP contribution is 2.34. The summed E-state index contributed by atoms with van der Waals surface area (Å²) in [6, 6.07) is 9.98. The fourth-order valence-corrected chi connectivity index (χ4v) is 1.91. The van der Waals surface area contributed by atoms with Crippen LogP contribution in [0.2, 0.25) is 5.02 Å². The zero-order chi connectivity index (χ0) is 14.0. The lowest BCUT2D eigenvalue weighted by molar-refractivity contribution is -0.137. The van der Waals surface area contributed by atoms with Crippen molar-refractivity contribution in [3.8, 4) is 16.9 Å². The molecule has 0 amide bonds. The van der Waals surface area contributed by atoms with Crippen molar-refractivity contribution >= 4 is 11.6 Å². The van der Waals surface area contributed by atoms with E-state index in [1.807, 2.05) is 0 Å². The predicted octanol–water partition coefficient (Wildman–Crippen LogP) is 5.03. The molecule has 0 spiro atoms. The van der Waals surface area contributed by atoms with Crippen molar-refractivity contribution in [3.63, 3.8) is 0 Å². The Balaban J connectivity index is 2.47. The smallest absolute Gasteiger partial charge is 0.416 e. The average Bonchev–Trinajstić information content (AvgIpc) is 2.38. The second-order valence-electron chi connectivity index (χ2n) is 3.93. The molecule has 2 aromatic rings. The van der Waals surface area contributed by atoms with Gasteiger partial charge in [-0.15, -0.1) is 0 Å². The van der Waals surface area contributed by atoms with Gasteiger partial charge < -0.3 is 4.74 Å². The van der Waals surface area contributed by atoms with E-state index in [0.717, 1.165) is 12.1 Å². The molecule has 0 radical (unpaired) electrons. The number of hydrogen-bond acceptors (Lipinski definition) is 1. The zero-order valence-electron chi connectivity index (χ0n) is 9.96. The van der Waals surface area contributed by atoms with Crippen LogP contribution < -0.4 is 4.74 Å². The van der Waals surface area contributed by atoms with Gasteiger partial charge in [0, 0.05) is 0 Å². The van der Waals surface area contributed by atoms with Crippen LogP contribution in [-0.2, 0) is 6.18 Å². The van der Waals surface area contributed by atoms with E-state index >= 15 is 0 Å². The average molecular weight is 287 g/mol. The first-order valence-electron chi connectivity index (χ1n) is 5.43. The largest absolute Gasteiger partial charge is 0.495 e. The third-order valence-electron chi connectivity index (χ3n) is 2.67. The molecule has 0 heterocycles. The first-order valence-corrected chi connectivity index (χ1v) is 5.81. The van der Waals surface area contributed by atoms with Gasteiger partial charge in [-0.1, -0.05) is 29.8 Å². The summed E-state index contributed by atoms with van der Waals surface area (Å²) in [4.78, 5) is 0. The van der Waals surface area contributed by atoms with E-state index < -0.39 is 11.7 Å². The summed E-state index contributed by atoms with van der Waals surface area (Å²) in [7, 11) is 1.46. The molecule has 1 nitrogen and oxygen atoms in total. The van der Waals surface area contributed by atoms with Gasteiger partial charge in [0.15, 0.2) is 0 Å². The third-order valence-corrected chi connectivity index (χ3v) is 2.99. The van der Waals surface area contributed by atoms with Gasteiger partial charge in [0.05, 0.1) is 17.7 Å². The van der Waals surface area contributed by atoms with Gasteiger partial charge in [0.2, 0.25) is 0 Å². The number of ether oxygens (including phenoxy) is 1. The third kappa shape index (κ3) is 3.01. The topological polar surface area (TPSA) is 9.23 Å². The fourth-order valence-electron chi connectivity index (χ4n) is 1.71. The first kappa shape index (κ1) is 13.7. The lowest BCUT2D eigenvalue weighted by Crippen LogP contribution is -2.04. The molecule has 2 aromatic carbocycles. The molecule has 0 aliphatic rings. The molecular formula is C14H10ClF3O. The van der Waals surface area contributed by atoms with Crippen molar-refractivity contribution in [1.82, 2.24) is 0 Å². The van der Waals surface area contributed by atoms with E-state index in [-0.39, 0.29) is 0 Å². The van der Waals surface area contributed by atoms with Crippen molar-refractivity contribution in [2.24, 2.45) is 0 Å². The van der Waals surface area contributed by atoms with Crippen molar-refractivity contribution < 1.29 is 17.9 Å². The van der Waals surface area contributed by atoms with E-state index in [1.165, 1.54) is 13.2 Å². The molecule has 0 unspecified atom stereocenters. The lowest BCUT2D eigenvalue weighted by atomic mass is 10.0. The highest BCUT2D eigenvalue weighted by Gasteiger charge is 2.30. The number of alkyl halides is 3. The molecule has 5 heteroatoms. The summed E-state index contributed by atoms with van der Waals surface area (Å²) in [6.07, 6.45) is -4.35. The molecule has 0 aliphatic carbocycles. The summed E-state index contributed by atoms with van der Waals surface area (Å²) in [5, 5.41) is 0.415. The van der Waals surface area contributed by atoms with Gasteiger partial charge in [-0.25, -0.2) is 0 Å². The normalized spacial score (nSPS) is 11.4. The van der Waals surface area contributed by atoms with Crippen LogP contribution >= 0.6 is 11.6 Å². The fraction of sp³-hybridized carbons (Fsp3) is 0.143. The SMILES string of the molecule is COc1cc(-c2cccc(C(F)(F)F)c2)ccc1Cl. The Hall–Kier alpha value is -1.68. The van der Waals surface area contributed by atoms with Gasteiger partial charge >= 0.3 is 6.18 Å². The van der Waals surface area contributed by atoms with Crippen molar-refractivity contribution in [2.75, 3.05) is 7.11 Å². The highest BCUT2D eigenvalue weighted by molar-refractivity contribution is 6.32. The van der Waals surface area contributed by atoms with E-state index in [9.17, 15) is 13.2 Å². The number of halogens is 4. The Morgan fingerprint density at radius 2 is 1.68 bits per heavy atom. The first-order chi connectivity index (χ1) is 8.91. The second-order valence-corrected chi connectivity index (χ2v) is 4.34. The molecule has 0 saturated carbocycles. The van der Waals surface area contributed by atoms with Crippen LogP contribution in [-0.4, -0.2) is 7.11 Å². The van der Waals surface area contributed by atoms with Crippen LogP contribution in [0.4, 0.5) is 13.2 Å². The van der Waals surface area contributed by atoms with Gasteiger partial charge in [-0.2, -0.15) is 13.2 Å². The highest BCUT2D eigenvalue weighted by atomic mass is 35.5. The molecule has 0 saturated heterocycles. The number of rotatable bonds is 2. The van der Waals surface area contributed by atoms with Crippen LogP contribution in [0.25, 0.3) is 11.1 Å². The number of hydrogen-bond donors (Lipinski definition) is 0. The second kappa shape index (κ2) is 5.13. The van der Waals surface area contributed by atoms with E-state index in [1.54, 1.807) is 24.3 Å².